The van der Waals surface area contributed by atoms with Crippen molar-refractivity contribution in [3.05, 3.63) is 90.5 Å². The fraction of sp³-hybridized carbons (Fsp3) is 0.250. The molecule has 0 saturated heterocycles. The summed E-state index contributed by atoms with van der Waals surface area (Å²) in [6.45, 7) is 0. The van der Waals surface area contributed by atoms with Gasteiger partial charge in [-0.1, -0.05) is 48.5 Å². The van der Waals surface area contributed by atoms with Crippen LogP contribution >= 0.6 is 7.26 Å². The molecule has 0 aliphatic carbocycles. The predicted molar refractivity (Wildman–Crippen MR) is 161 cm³/mol. The third-order valence-electron chi connectivity index (χ3n) is 6.98. The van der Waals surface area contributed by atoms with E-state index in [9.17, 15) is 5.11 Å². The Kier molecular flexibility index (Phi) is 12.7. The first-order chi connectivity index (χ1) is 21.5. The first kappa shape index (κ1) is 35.7. The Bertz CT molecular complexity index is 1320. The van der Waals surface area contributed by atoms with Crippen molar-refractivity contribution in [2.75, 3.05) is 48.8 Å². The quantitative estimate of drug-likeness (QED) is 0.203. The Hall–Kier alpha value is -3.80. The van der Waals surface area contributed by atoms with Crippen LogP contribution in [0.15, 0.2) is 84.9 Å². The van der Waals surface area contributed by atoms with E-state index in [0.717, 1.165) is 21.5 Å². The smallest absolute Gasteiger partial charge is 0.188 e. The molecule has 0 radical (unpaired) electrons. The van der Waals surface area contributed by atoms with E-state index in [0.29, 0.717) is 34.5 Å². The summed E-state index contributed by atoms with van der Waals surface area (Å²) < 4.78 is 70.1. The second kappa shape index (κ2) is 16.0. The highest BCUT2D eigenvalue weighted by atomic mass is 35.7. The van der Waals surface area contributed by atoms with Crippen molar-refractivity contribution in [3.8, 4) is 34.5 Å². The maximum absolute atomic E-state index is 12.0. The molecular formula is C32H36ClO11P. The number of ether oxygens (including phenoxy) is 6. The maximum atomic E-state index is 12.0. The van der Waals surface area contributed by atoms with Crippen LogP contribution in [-0.4, -0.2) is 53.9 Å². The van der Waals surface area contributed by atoms with Gasteiger partial charge in [0.2, 0.25) is 0 Å². The van der Waals surface area contributed by atoms with Gasteiger partial charge in [0.25, 0.3) is 0 Å². The lowest BCUT2D eigenvalue weighted by molar-refractivity contribution is -2.00. The van der Waals surface area contributed by atoms with E-state index < -0.39 is 23.6 Å². The summed E-state index contributed by atoms with van der Waals surface area (Å²) in [5.41, 5.74) is 0.767. The van der Waals surface area contributed by atoms with Gasteiger partial charge in [-0.15, -0.1) is 10.2 Å². The summed E-state index contributed by atoms with van der Waals surface area (Å²) in [7, 11) is 1.70. The SMILES string of the molecule is COc1cccc(OC)c1[P+](CC(O)c1ccccc1)(c1c(OC)cccc1OC)c1c(OC)cccc1OC.[O-][Cl+3]([O-])([O-])[O-]. The van der Waals surface area contributed by atoms with Gasteiger partial charge in [0.05, 0.1) is 42.7 Å². The van der Waals surface area contributed by atoms with E-state index in [2.05, 4.69) is 0 Å². The van der Waals surface area contributed by atoms with Crippen molar-refractivity contribution in [2.24, 2.45) is 0 Å². The van der Waals surface area contributed by atoms with E-state index >= 15 is 0 Å². The summed E-state index contributed by atoms with van der Waals surface area (Å²) in [5, 5.41) is 14.3. The molecule has 1 unspecified atom stereocenters. The van der Waals surface area contributed by atoms with Crippen LogP contribution in [-0.2, 0) is 0 Å². The molecule has 11 nitrogen and oxygen atoms in total. The number of halogens is 1. The first-order valence-electron chi connectivity index (χ1n) is 13.4. The topological polar surface area (TPSA) is 168 Å². The van der Waals surface area contributed by atoms with Crippen LogP contribution in [0.4, 0.5) is 0 Å². The summed E-state index contributed by atoms with van der Waals surface area (Å²) in [5.74, 6) is 3.55. The van der Waals surface area contributed by atoms with Crippen molar-refractivity contribution < 1.29 is 62.4 Å². The maximum Gasteiger partial charge on any atom is 0.188 e. The monoisotopic (exact) mass is 662 g/mol. The third-order valence-corrected chi connectivity index (χ3v) is 11.5. The summed E-state index contributed by atoms with van der Waals surface area (Å²) in [4.78, 5) is 0. The van der Waals surface area contributed by atoms with Gasteiger partial charge >= 0.3 is 0 Å². The molecule has 45 heavy (non-hydrogen) atoms. The van der Waals surface area contributed by atoms with Crippen molar-refractivity contribution in [1.82, 2.24) is 0 Å². The van der Waals surface area contributed by atoms with Crippen molar-refractivity contribution in [3.63, 3.8) is 0 Å². The van der Waals surface area contributed by atoms with E-state index in [-0.39, 0.29) is 6.16 Å². The Morgan fingerprint density at radius 1 is 0.511 bits per heavy atom. The highest BCUT2D eigenvalue weighted by Crippen LogP contribution is 2.66. The number of rotatable bonds is 12. The zero-order valence-corrected chi connectivity index (χ0v) is 27.4. The van der Waals surface area contributed by atoms with Gasteiger partial charge in [-0.05, 0) is 42.0 Å². The van der Waals surface area contributed by atoms with Crippen molar-refractivity contribution in [2.45, 2.75) is 6.10 Å². The van der Waals surface area contributed by atoms with Crippen molar-refractivity contribution in [1.29, 1.82) is 0 Å². The largest absolute Gasteiger partial charge is 0.492 e. The summed E-state index contributed by atoms with van der Waals surface area (Å²) >= 11 is 0. The number of aliphatic hydroxyl groups excluding tert-OH is 1. The van der Waals surface area contributed by atoms with Gasteiger partial charge in [0.15, 0.2) is 50.4 Å². The summed E-state index contributed by atoms with van der Waals surface area (Å²) in [6, 6.07) is 26.6. The van der Waals surface area contributed by atoms with E-state index in [1.807, 2.05) is 84.9 Å². The van der Waals surface area contributed by atoms with Crippen LogP contribution in [0.25, 0.3) is 0 Å². The molecule has 0 fully saturated rings. The highest BCUT2D eigenvalue weighted by molar-refractivity contribution is 7.96. The molecule has 1 N–H and O–H groups in total. The number of aliphatic hydroxyl groups is 1. The Labute approximate surface area is 265 Å². The number of hydrogen-bond acceptors (Lipinski definition) is 11. The molecule has 0 amide bonds. The number of hydrogen-bond donors (Lipinski definition) is 1. The molecular weight excluding hydrogens is 627 g/mol. The van der Waals surface area contributed by atoms with Crippen LogP contribution in [0.1, 0.15) is 11.7 Å². The molecule has 0 aliphatic heterocycles. The Balaban J connectivity index is 0.00000102. The van der Waals surface area contributed by atoms with Gasteiger partial charge < -0.3 is 33.5 Å². The van der Waals surface area contributed by atoms with Gasteiger partial charge in [-0.2, -0.15) is 0 Å². The third kappa shape index (κ3) is 8.08. The van der Waals surface area contributed by atoms with Crippen LogP contribution in [0.3, 0.4) is 0 Å². The molecule has 0 heterocycles. The summed E-state index contributed by atoms with van der Waals surface area (Å²) in [6.07, 6.45) is -0.658. The minimum atomic E-state index is -4.94. The fourth-order valence-electron chi connectivity index (χ4n) is 5.27. The predicted octanol–water partition coefficient (Wildman–Crippen LogP) is 0.00970. The fourth-order valence-corrected chi connectivity index (χ4v) is 10.5. The van der Waals surface area contributed by atoms with Crippen LogP contribution in [0.5, 0.6) is 34.5 Å². The lowest BCUT2D eigenvalue weighted by Gasteiger charge is -2.34. The standard InChI is InChI=1S/C32H36O7P.ClHO4/c1-34-24-15-10-16-25(35-2)30(24)40(21-23(33)22-13-8-7-9-14-22,31-26(36-3)17-11-18-27(31)37-4)32-28(38-5)19-12-20-29(32)39-6;2-1(3,4)5/h7-20,23,33H,21H2,1-6H3;(H,2,3,4,5)/q+1;/p-1. The molecule has 4 aromatic rings. The van der Waals surface area contributed by atoms with E-state index in [1.165, 1.54) is 0 Å². The molecule has 0 aromatic heterocycles. The molecule has 1 atom stereocenters. The average Bonchev–Trinajstić information content (AvgIpc) is 3.05. The zero-order chi connectivity index (χ0) is 33.2. The van der Waals surface area contributed by atoms with Crippen LogP contribution in [0.2, 0.25) is 0 Å². The number of methoxy groups -OCH3 is 6. The molecule has 0 aliphatic rings. The molecule has 13 heteroatoms. The van der Waals surface area contributed by atoms with Gasteiger partial charge in [0.1, 0.15) is 19.5 Å². The zero-order valence-electron chi connectivity index (χ0n) is 25.7. The minimum Gasteiger partial charge on any atom is -0.492 e. The second-order valence-corrected chi connectivity index (χ2v) is 13.4. The van der Waals surface area contributed by atoms with E-state index in [1.54, 1.807) is 42.7 Å². The Morgan fingerprint density at radius 2 is 0.778 bits per heavy atom. The second-order valence-electron chi connectivity index (χ2n) is 9.33. The average molecular weight is 663 g/mol. The van der Waals surface area contributed by atoms with Gasteiger partial charge in [-0.3, -0.25) is 0 Å². The van der Waals surface area contributed by atoms with Gasteiger partial charge in [0, 0.05) is 0 Å². The molecule has 0 saturated carbocycles. The Morgan fingerprint density at radius 3 is 1.02 bits per heavy atom. The lowest BCUT2D eigenvalue weighted by atomic mass is 10.1. The van der Waals surface area contributed by atoms with Gasteiger partial charge in [-0.25, -0.2) is 18.6 Å². The molecule has 0 spiro atoms. The van der Waals surface area contributed by atoms with E-state index in [4.69, 9.17) is 47.1 Å². The molecule has 0 bridgehead atoms. The van der Waals surface area contributed by atoms with Crippen molar-refractivity contribution >= 4 is 23.2 Å². The first-order valence-corrected chi connectivity index (χ1v) is 16.6. The minimum absolute atomic E-state index is 0.237. The normalized spacial score (nSPS) is 11.9. The molecule has 242 valence electrons. The molecule has 4 aromatic carbocycles. The lowest BCUT2D eigenvalue weighted by Crippen LogP contribution is -2.68. The van der Waals surface area contributed by atoms with Crippen LogP contribution < -0.4 is 63.0 Å². The van der Waals surface area contributed by atoms with Crippen LogP contribution in [0, 0.1) is 10.2 Å². The highest BCUT2D eigenvalue weighted by Gasteiger charge is 2.58. The number of benzene rings is 4. The molecule has 4 rings (SSSR count).